The number of nitrogens with zero attached hydrogens (tertiary/aromatic N) is 9. The largest absolute Gasteiger partial charge is 0.481 e. The second kappa shape index (κ2) is 52.0. The molecule has 12 aromatic rings. The Hall–Kier alpha value is -15.4. The van der Waals surface area contributed by atoms with E-state index in [4.69, 9.17) is 9.84 Å². The molecule has 20 rings (SSSR count). The number of para-hydroxylation sites is 1. The van der Waals surface area contributed by atoms with Gasteiger partial charge in [-0.1, -0.05) is 240 Å². The van der Waals surface area contributed by atoms with Gasteiger partial charge < -0.3 is 65.8 Å². The topological polar surface area (TPSA) is 250 Å². The van der Waals surface area contributed by atoms with Gasteiger partial charge in [0.25, 0.3) is 0 Å². The van der Waals surface area contributed by atoms with Crippen molar-refractivity contribution in [1.82, 2.24) is 44.1 Å². The third-order valence-corrected chi connectivity index (χ3v) is 30.2. The summed E-state index contributed by atoms with van der Waals surface area (Å²) < 4.78 is 5.86. The summed E-state index contributed by atoms with van der Waals surface area (Å²) in [6.45, 7) is 18.3. The number of carbonyl (C=O) groups is 6. The molecule has 8 aliphatic rings. The van der Waals surface area contributed by atoms with Crippen LogP contribution in [-0.2, 0) is 14.3 Å². The number of aliphatic hydroxyl groups excluding tert-OH is 2. The quantitative estimate of drug-likeness (QED) is 0.0331. The molecule has 8 saturated heterocycles. The second-order valence-corrected chi connectivity index (χ2v) is 40.1. The van der Waals surface area contributed by atoms with Crippen molar-refractivity contribution < 1.29 is 48.8 Å². The number of carboxylic acid groups (broad SMARTS) is 1. The number of benzene rings is 12. The lowest BCUT2D eigenvalue weighted by molar-refractivity contribution is -0.139. The Morgan fingerprint density at radius 1 is 0.307 bits per heavy atom. The highest BCUT2D eigenvalue weighted by Gasteiger charge is 2.55. The van der Waals surface area contributed by atoms with Crippen molar-refractivity contribution in [3.8, 4) is 47.4 Å². The average Bonchev–Trinajstić information content (AvgIpc) is 0.731. The summed E-state index contributed by atoms with van der Waals surface area (Å²) in [5.74, 6) is 25.8. The standard InChI is InChI=1S/C34H38N4O2.C34H37N3O4.C30H31N3O2.C29H29N3O2/c1-25-11-19-30(20-12-25)35-34(40)37-21-7-8-22-38-31(23-36(3)26(2)39)33(32(38)24-37)29-17-15-28(16-18-29)14-13-27-9-5-4-6-10-27;1-25-9-17-29(18-10-25)35-34(40)36-20-5-6-21-37-30(23-36)33(31(37)24-41-22-19-32(38)39)28-15-13-27(14-16-28)12-11-26-7-3-2-4-8-26;34-22-28-29(25-17-15-24(16-18-25)14-13-23-9-3-1-4-10-23)27-21-32(19-7-8-20-33(27)28)30(35)31-26-11-5-2-6-12-26;1-21-7-15-25(16-8-21)30-29(34)31-17-18-32-26(19-31)28(27(32)20-33)24-13-11-23(12-14-24)10-9-22-5-3-2-4-6-22/h4-6,9-12,15-20,31-33H,7-8,21-24H2,1-3H3,(H,35,40);2-4,7-10,13-18,30-31,33H,5-6,19-24H2,1H3,(H,35,40)(H,38,39);1-6,9-12,15-18,27-29,34H,7-8,19-22H2,(H,31,35);2-8,11-16,26-28,33H,17-20H2,1H3,(H,30,34)/t31-,32+,33+;30-,31+,33+;27-,28+,29+;26-,27+,28+/m1000/s1. The molecule has 0 bridgehead atoms. The van der Waals surface area contributed by atoms with Crippen LogP contribution in [0.2, 0.25) is 0 Å². The summed E-state index contributed by atoms with van der Waals surface area (Å²) in [7, 11) is 1.88. The molecule has 12 atom stereocenters. The fourth-order valence-corrected chi connectivity index (χ4v) is 22.0. The molecule has 9 amide bonds. The first-order valence-electron chi connectivity index (χ1n) is 52.6. The molecule has 12 aromatic carbocycles. The van der Waals surface area contributed by atoms with Crippen molar-refractivity contribution in [2.75, 3.05) is 140 Å². The Labute approximate surface area is 883 Å². The normalized spacial score (nSPS) is 21.1. The number of likely N-dealkylation sites (N-methyl/N-ethyl adjacent to an activating group) is 1. The smallest absolute Gasteiger partial charge is 0.321 e. The van der Waals surface area contributed by atoms with E-state index in [9.17, 15) is 39.0 Å². The predicted molar refractivity (Wildman–Crippen MR) is 594 cm³/mol. The molecule has 0 aromatic heterocycles. The zero-order valence-corrected chi connectivity index (χ0v) is 86.2. The molecule has 0 spiro atoms. The number of amides is 9. The number of rotatable bonds is 17. The van der Waals surface area contributed by atoms with Gasteiger partial charge in [0, 0.05) is 219 Å². The number of aliphatic hydroxyl groups is 2. The number of ether oxygens (including phenoxy) is 1. The highest BCUT2D eigenvalue weighted by Crippen LogP contribution is 2.47. The molecule has 23 heteroatoms. The molecule has 0 aliphatic carbocycles. The van der Waals surface area contributed by atoms with E-state index in [1.807, 2.05) is 289 Å². The Morgan fingerprint density at radius 3 is 0.847 bits per heavy atom. The van der Waals surface area contributed by atoms with Crippen molar-refractivity contribution in [1.29, 1.82) is 0 Å². The Balaban J connectivity index is 0.000000136. The highest BCUT2D eigenvalue weighted by atomic mass is 16.5. The molecule has 8 fully saturated rings. The van der Waals surface area contributed by atoms with E-state index < -0.39 is 5.97 Å². The molecule has 0 saturated carbocycles. The SMILES string of the molecule is CC(=O)N(C)C[C@@H]1[C@H](c2ccc(C#Cc3ccccc3)cc2)[C@@H]2CN(C(=O)Nc3ccc(C)cc3)CCCCN12.Cc1ccc(NC(=O)N2CCCCN3[C@H](COCCC(=O)O)[C@H](c4ccc(C#Cc5ccccc5)cc4)[C@@H]3C2)cc1.Cc1ccc(NC(=O)N2CCN3[C@H](CO)[C@H](c4ccc(C#Cc5ccccc5)cc4)[C@@H]3C2)cc1.O=C(Nc1ccccc1)N1CCCCN2[C@H](CO)[C@H](c3ccc(C#Cc4ccccc4)cc3)[C@@H]2C1. The van der Waals surface area contributed by atoms with Crippen LogP contribution in [0.1, 0.15) is 159 Å². The Bertz CT molecular complexity index is 6770. The van der Waals surface area contributed by atoms with Gasteiger partial charge in [-0.25, -0.2) is 19.2 Å². The van der Waals surface area contributed by atoms with Crippen LogP contribution in [0.3, 0.4) is 0 Å². The molecule has 0 radical (unpaired) electrons. The monoisotopic (exact) mass is 2000 g/mol. The first-order valence-corrected chi connectivity index (χ1v) is 52.6. The van der Waals surface area contributed by atoms with Crippen molar-refractivity contribution in [2.24, 2.45) is 0 Å². The van der Waals surface area contributed by atoms with Crippen LogP contribution < -0.4 is 21.3 Å². The predicted octanol–water partition coefficient (Wildman–Crippen LogP) is 19.3. The van der Waals surface area contributed by atoms with Crippen LogP contribution in [0.15, 0.2) is 322 Å². The molecule has 768 valence electrons. The summed E-state index contributed by atoms with van der Waals surface area (Å²) in [4.78, 5) is 95.0. The third-order valence-electron chi connectivity index (χ3n) is 30.2. The summed E-state index contributed by atoms with van der Waals surface area (Å²) in [5, 5.41) is 41.5. The van der Waals surface area contributed by atoms with Crippen LogP contribution in [0, 0.1) is 68.1 Å². The molecule has 7 N–H and O–H groups in total. The second-order valence-electron chi connectivity index (χ2n) is 40.1. The minimum absolute atomic E-state index is 0.0114. The number of aliphatic carboxylic acids is 1. The molecule has 150 heavy (non-hydrogen) atoms. The summed E-state index contributed by atoms with van der Waals surface area (Å²) in [6, 6.07) is 108. The molecule has 0 unspecified atom stereocenters. The van der Waals surface area contributed by atoms with Crippen molar-refractivity contribution in [3.63, 3.8) is 0 Å². The lowest BCUT2D eigenvalue weighted by atomic mass is 9.73. The van der Waals surface area contributed by atoms with Gasteiger partial charge in [0.05, 0.1) is 32.8 Å². The fraction of sp³-hybridized carbons (Fsp3) is 0.323. The van der Waals surface area contributed by atoms with Gasteiger partial charge in [-0.2, -0.15) is 0 Å². The van der Waals surface area contributed by atoms with Gasteiger partial charge in [0.15, 0.2) is 0 Å². The van der Waals surface area contributed by atoms with Gasteiger partial charge in [-0.3, -0.25) is 29.2 Å². The molecule has 23 nitrogen and oxygen atoms in total. The number of urea groups is 4. The number of carbonyl (C=O) groups excluding carboxylic acids is 5. The first kappa shape index (κ1) is 106. The van der Waals surface area contributed by atoms with E-state index in [1.54, 1.807) is 6.92 Å². The van der Waals surface area contributed by atoms with Crippen molar-refractivity contribution in [2.45, 2.75) is 145 Å². The highest BCUT2D eigenvalue weighted by molar-refractivity contribution is 5.92. The molecular weight excluding hydrogens is 1870 g/mol. The number of nitrogens with one attached hydrogen (secondary N) is 4. The maximum absolute atomic E-state index is 13.3. The maximum atomic E-state index is 13.3. The number of piperazine rings is 1. The van der Waals surface area contributed by atoms with Gasteiger partial charge >= 0.3 is 30.1 Å². The van der Waals surface area contributed by atoms with E-state index in [-0.39, 0.29) is 128 Å². The van der Waals surface area contributed by atoms with Crippen molar-refractivity contribution in [3.05, 3.63) is 405 Å². The summed E-state index contributed by atoms with van der Waals surface area (Å²) >= 11 is 0. The number of hydrogen-bond acceptors (Lipinski definition) is 13. The van der Waals surface area contributed by atoms with Crippen LogP contribution in [0.5, 0.6) is 0 Å². The van der Waals surface area contributed by atoms with Crippen LogP contribution >= 0.6 is 0 Å². The van der Waals surface area contributed by atoms with Crippen LogP contribution in [-0.4, -0.2) is 262 Å². The number of aryl methyl sites for hydroxylation is 3. The maximum Gasteiger partial charge on any atom is 0.321 e. The first-order chi connectivity index (χ1) is 73.2. The Kier molecular flexibility index (Phi) is 36.7. The van der Waals surface area contributed by atoms with E-state index in [0.717, 1.165) is 162 Å². The average molecular weight is 2000 g/mol. The summed E-state index contributed by atoms with van der Waals surface area (Å²) in [6.07, 6.45) is 5.85. The van der Waals surface area contributed by atoms with Gasteiger partial charge in [-0.05, 0) is 247 Å². The zero-order valence-electron chi connectivity index (χ0n) is 86.2. The number of hydrogen-bond donors (Lipinski definition) is 7. The van der Waals surface area contributed by atoms with Crippen LogP contribution in [0.25, 0.3) is 0 Å². The van der Waals surface area contributed by atoms with E-state index >= 15 is 0 Å². The number of anilines is 4. The molecule has 8 heterocycles. The fourth-order valence-electron chi connectivity index (χ4n) is 22.0. The van der Waals surface area contributed by atoms with E-state index in [2.05, 4.69) is 173 Å². The zero-order chi connectivity index (χ0) is 104. The van der Waals surface area contributed by atoms with Crippen LogP contribution in [0.4, 0.5) is 41.9 Å². The third kappa shape index (κ3) is 27.8. The molecular formula is C127H135N13O10. The number of fused-ring (bicyclic) bond motifs is 4. The van der Waals surface area contributed by atoms with Gasteiger partial charge in [0.1, 0.15) is 0 Å². The van der Waals surface area contributed by atoms with E-state index in [0.29, 0.717) is 52.4 Å². The minimum Gasteiger partial charge on any atom is -0.481 e. The lowest BCUT2D eigenvalue weighted by Gasteiger charge is -2.59. The van der Waals surface area contributed by atoms with E-state index in [1.165, 1.54) is 22.3 Å². The minimum atomic E-state index is -0.860. The van der Waals surface area contributed by atoms with Crippen molar-refractivity contribution >= 4 is 58.8 Å². The number of carboxylic acids is 1. The Morgan fingerprint density at radius 2 is 0.553 bits per heavy atom. The molecule has 8 aliphatic heterocycles. The lowest BCUT2D eigenvalue weighted by Crippen LogP contribution is -2.71. The van der Waals surface area contributed by atoms with Gasteiger partial charge in [0.2, 0.25) is 5.91 Å². The summed E-state index contributed by atoms with van der Waals surface area (Å²) in [5.41, 5.74) is 19.3. The van der Waals surface area contributed by atoms with Gasteiger partial charge in [-0.15, -0.1) is 0 Å².